The molecular formula is C16H20N2O3. The predicted molar refractivity (Wildman–Crippen MR) is 78.4 cm³/mol. The molecule has 112 valence electrons. The normalized spacial score (nSPS) is 18.6. The summed E-state index contributed by atoms with van der Waals surface area (Å²) >= 11 is 0. The largest absolute Gasteiger partial charge is 0.321 e. The quantitative estimate of drug-likeness (QED) is 0.846. The van der Waals surface area contributed by atoms with Gasteiger partial charge in [-0.15, -0.1) is 0 Å². The molecule has 1 saturated heterocycles. The van der Waals surface area contributed by atoms with Crippen molar-refractivity contribution < 1.29 is 14.4 Å². The van der Waals surface area contributed by atoms with Crippen LogP contribution in [0.3, 0.4) is 0 Å². The van der Waals surface area contributed by atoms with Gasteiger partial charge >= 0.3 is 0 Å². The summed E-state index contributed by atoms with van der Waals surface area (Å²) in [5.74, 6) is -0.930. The minimum absolute atomic E-state index is 0.0309. The Morgan fingerprint density at radius 3 is 2.71 bits per heavy atom. The van der Waals surface area contributed by atoms with E-state index in [4.69, 9.17) is 0 Å². The number of piperazine rings is 1. The predicted octanol–water partition coefficient (Wildman–Crippen LogP) is 1.19. The number of benzene rings is 1. The SMILES string of the molecule is CCC1C(=O)NC(=O)CN1C(=O)CCc1ccccc1C. The van der Waals surface area contributed by atoms with Crippen LogP contribution in [-0.4, -0.2) is 35.2 Å². The molecule has 1 aliphatic rings. The Labute approximate surface area is 124 Å². The second-order valence-electron chi connectivity index (χ2n) is 5.28. The molecule has 2 rings (SSSR count). The van der Waals surface area contributed by atoms with Crippen molar-refractivity contribution in [1.82, 2.24) is 10.2 Å². The lowest BCUT2D eigenvalue weighted by Gasteiger charge is -2.33. The molecule has 21 heavy (non-hydrogen) atoms. The molecule has 1 aromatic carbocycles. The standard InChI is InChI=1S/C16H20N2O3/c1-3-13-16(21)17-14(19)10-18(13)15(20)9-8-12-7-5-4-6-11(12)2/h4-7,13H,3,8-10H2,1-2H3,(H,17,19,21). The maximum absolute atomic E-state index is 12.3. The molecule has 0 aliphatic carbocycles. The topological polar surface area (TPSA) is 66.5 Å². The van der Waals surface area contributed by atoms with Crippen molar-refractivity contribution in [3.05, 3.63) is 35.4 Å². The van der Waals surface area contributed by atoms with Gasteiger partial charge in [0.05, 0.1) is 0 Å². The highest BCUT2D eigenvalue weighted by Gasteiger charge is 2.34. The molecule has 0 saturated carbocycles. The van der Waals surface area contributed by atoms with Crippen molar-refractivity contribution in [2.24, 2.45) is 0 Å². The first kappa shape index (κ1) is 15.2. The highest BCUT2D eigenvalue weighted by atomic mass is 16.2. The molecule has 1 N–H and O–H groups in total. The minimum Gasteiger partial charge on any atom is -0.321 e. The molecule has 1 aromatic rings. The fourth-order valence-electron chi connectivity index (χ4n) is 2.61. The molecule has 1 heterocycles. The van der Waals surface area contributed by atoms with Gasteiger partial charge in [-0.2, -0.15) is 0 Å². The van der Waals surface area contributed by atoms with E-state index >= 15 is 0 Å². The number of hydrogen-bond donors (Lipinski definition) is 1. The number of carbonyl (C=O) groups is 3. The number of hydrogen-bond acceptors (Lipinski definition) is 3. The lowest BCUT2D eigenvalue weighted by atomic mass is 10.0. The van der Waals surface area contributed by atoms with Crippen molar-refractivity contribution in [3.63, 3.8) is 0 Å². The summed E-state index contributed by atoms with van der Waals surface area (Å²) in [6.45, 7) is 3.81. The first-order valence-corrected chi connectivity index (χ1v) is 7.20. The van der Waals surface area contributed by atoms with E-state index in [1.54, 1.807) is 0 Å². The lowest BCUT2D eigenvalue weighted by Crippen LogP contribution is -2.59. The Bertz CT molecular complexity index is 568. The van der Waals surface area contributed by atoms with Crippen LogP contribution in [0.5, 0.6) is 0 Å². The monoisotopic (exact) mass is 288 g/mol. The molecule has 1 fully saturated rings. The van der Waals surface area contributed by atoms with Gasteiger partial charge in [-0.1, -0.05) is 31.2 Å². The summed E-state index contributed by atoms with van der Waals surface area (Å²) in [5, 5.41) is 2.28. The average molecular weight is 288 g/mol. The van der Waals surface area contributed by atoms with Gasteiger partial charge in [-0.25, -0.2) is 0 Å². The molecule has 1 atom stereocenters. The maximum Gasteiger partial charge on any atom is 0.249 e. The Kier molecular flexibility index (Phi) is 4.73. The van der Waals surface area contributed by atoms with Crippen molar-refractivity contribution in [2.75, 3.05) is 6.54 Å². The van der Waals surface area contributed by atoms with Crippen LogP contribution >= 0.6 is 0 Å². The number of carbonyl (C=O) groups excluding carboxylic acids is 3. The van der Waals surface area contributed by atoms with Crippen molar-refractivity contribution >= 4 is 17.7 Å². The Morgan fingerprint density at radius 2 is 2.05 bits per heavy atom. The first-order chi connectivity index (χ1) is 10.0. The van der Waals surface area contributed by atoms with Crippen LogP contribution in [0, 0.1) is 6.92 Å². The highest BCUT2D eigenvalue weighted by Crippen LogP contribution is 2.14. The van der Waals surface area contributed by atoms with Gasteiger partial charge in [0.1, 0.15) is 12.6 Å². The van der Waals surface area contributed by atoms with Crippen LogP contribution in [0.2, 0.25) is 0 Å². The molecule has 5 heteroatoms. The van der Waals surface area contributed by atoms with Gasteiger partial charge in [0, 0.05) is 6.42 Å². The third-order valence-corrected chi connectivity index (χ3v) is 3.83. The van der Waals surface area contributed by atoms with Gasteiger partial charge in [0.15, 0.2) is 0 Å². The maximum atomic E-state index is 12.3. The Hall–Kier alpha value is -2.17. The molecule has 1 unspecified atom stereocenters. The zero-order chi connectivity index (χ0) is 15.4. The summed E-state index contributed by atoms with van der Waals surface area (Å²) in [7, 11) is 0. The van der Waals surface area contributed by atoms with Crippen LogP contribution in [0.15, 0.2) is 24.3 Å². The molecule has 1 aliphatic heterocycles. The lowest BCUT2D eigenvalue weighted by molar-refractivity contribution is -0.150. The van der Waals surface area contributed by atoms with E-state index in [1.165, 1.54) is 4.90 Å². The van der Waals surface area contributed by atoms with Crippen LogP contribution < -0.4 is 5.32 Å². The third-order valence-electron chi connectivity index (χ3n) is 3.83. The second kappa shape index (κ2) is 6.52. The number of rotatable bonds is 4. The number of nitrogens with one attached hydrogen (secondary N) is 1. The van der Waals surface area contributed by atoms with E-state index in [-0.39, 0.29) is 18.4 Å². The summed E-state index contributed by atoms with van der Waals surface area (Å²) in [5.41, 5.74) is 2.26. The summed E-state index contributed by atoms with van der Waals surface area (Å²) in [6.07, 6.45) is 1.44. The van der Waals surface area contributed by atoms with Gasteiger partial charge in [0.25, 0.3) is 0 Å². The third kappa shape index (κ3) is 3.48. The van der Waals surface area contributed by atoms with Crippen molar-refractivity contribution in [3.8, 4) is 0 Å². The first-order valence-electron chi connectivity index (χ1n) is 7.20. The Balaban J connectivity index is 2.03. The van der Waals surface area contributed by atoms with Crippen LogP contribution in [-0.2, 0) is 20.8 Å². The second-order valence-corrected chi connectivity index (χ2v) is 5.28. The van der Waals surface area contributed by atoms with Crippen LogP contribution in [0.4, 0.5) is 0 Å². The van der Waals surface area contributed by atoms with Crippen LogP contribution in [0.25, 0.3) is 0 Å². The molecule has 0 radical (unpaired) electrons. The fraction of sp³-hybridized carbons (Fsp3) is 0.438. The van der Waals surface area contributed by atoms with E-state index in [0.717, 1.165) is 11.1 Å². The minimum atomic E-state index is -0.535. The molecular weight excluding hydrogens is 268 g/mol. The zero-order valence-corrected chi connectivity index (χ0v) is 12.4. The summed E-state index contributed by atoms with van der Waals surface area (Å²) in [4.78, 5) is 36.9. The Morgan fingerprint density at radius 1 is 1.33 bits per heavy atom. The van der Waals surface area contributed by atoms with Gasteiger partial charge in [0.2, 0.25) is 17.7 Å². The van der Waals surface area contributed by atoms with Crippen molar-refractivity contribution in [2.45, 2.75) is 39.2 Å². The van der Waals surface area contributed by atoms with E-state index in [2.05, 4.69) is 5.32 Å². The van der Waals surface area contributed by atoms with Crippen LogP contribution in [0.1, 0.15) is 30.9 Å². The van der Waals surface area contributed by atoms with E-state index in [1.807, 2.05) is 38.1 Å². The number of imide groups is 1. The average Bonchev–Trinajstić information content (AvgIpc) is 2.45. The number of nitrogens with zero attached hydrogens (tertiary/aromatic N) is 1. The number of amides is 3. The summed E-state index contributed by atoms with van der Waals surface area (Å²) < 4.78 is 0. The number of aryl methyl sites for hydroxylation is 2. The van der Waals surface area contributed by atoms with Gasteiger partial charge < -0.3 is 4.90 Å². The molecule has 0 aromatic heterocycles. The van der Waals surface area contributed by atoms with E-state index < -0.39 is 11.9 Å². The fourth-order valence-corrected chi connectivity index (χ4v) is 2.61. The molecule has 5 nitrogen and oxygen atoms in total. The van der Waals surface area contributed by atoms with E-state index in [9.17, 15) is 14.4 Å². The van der Waals surface area contributed by atoms with Crippen molar-refractivity contribution in [1.29, 1.82) is 0 Å². The van der Waals surface area contributed by atoms with Gasteiger partial charge in [-0.3, -0.25) is 19.7 Å². The molecule has 0 spiro atoms. The summed E-state index contributed by atoms with van der Waals surface area (Å²) in [6, 6.07) is 7.37. The molecule has 3 amide bonds. The van der Waals surface area contributed by atoms with E-state index in [0.29, 0.717) is 19.3 Å². The smallest absolute Gasteiger partial charge is 0.249 e. The molecule has 0 bridgehead atoms. The zero-order valence-electron chi connectivity index (χ0n) is 12.4. The highest BCUT2D eigenvalue weighted by molar-refractivity contribution is 6.04. The van der Waals surface area contributed by atoms with Gasteiger partial charge in [-0.05, 0) is 30.9 Å².